The molecular formula is C13H20N2OS. The quantitative estimate of drug-likeness (QED) is 0.893. The van der Waals surface area contributed by atoms with E-state index in [1.165, 1.54) is 17.9 Å². The van der Waals surface area contributed by atoms with Crippen molar-refractivity contribution in [2.24, 2.45) is 0 Å². The first-order valence-corrected chi connectivity index (χ1v) is 7.32. The smallest absolute Gasteiger partial charge is 0.0957 e. The Morgan fingerprint density at radius 1 is 1.59 bits per heavy atom. The summed E-state index contributed by atoms with van der Waals surface area (Å²) < 4.78 is 0. The Hall–Kier alpha value is -0.740. The van der Waals surface area contributed by atoms with E-state index in [9.17, 15) is 5.11 Å². The zero-order valence-corrected chi connectivity index (χ0v) is 11.3. The summed E-state index contributed by atoms with van der Waals surface area (Å²) in [6, 6.07) is 4.62. The highest BCUT2D eigenvalue weighted by Gasteiger charge is 2.20. The average Bonchev–Trinajstić information content (AvgIpc) is 2.91. The van der Waals surface area contributed by atoms with Crippen LogP contribution in [0.25, 0.3) is 0 Å². The molecule has 2 atom stereocenters. The maximum absolute atomic E-state index is 9.69. The molecule has 1 saturated heterocycles. The summed E-state index contributed by atoms with van der Waals surface area (Å²) in [5, 5.41) is 9.69. The Bertz CT molecular complexity index is 349. The van der Waals surface area contributed by atoms with Crippen LogP contribution in [0.3, 0.4) is 0 Å². The molecule has 1 fully saturated rings. The van der Waals surface area contributed by atoms with Gasteiger partial charge in [-0.1, -0.05) is 6.92 Å². The van der Waals surface area contributed by atoms with E-state index in [2.05, 4.69) is 23.0 Å². The fourth-order valence-corrected chi connectivity index (χ4v) is 3.32. The van der Waals surface area contributed by atoms with Crippen molar-refractivity contribution in [1.29, 1.82) is 0 Å². The number of nitrogens with zero attached hydrogens (tertiary/aromatic N) is 2. The van der Waals surface area contributed by atoms with Crippen LogP contribution in [0, 0.1) is 0 Å². The molecule has 1 aromatic heterocycles. The molecule has 17 heavy (non-hydrogen) atoms. The van der Waals surface area contributed by atoms with Gasteiger partial charge in [0.1, 0.15) is 0 Å². The number of hydrogen-bond acceptors (Lipinski definition) is 4. The van der Waals surface area contributed by atoms with Gasteiger partial charge in [-0.05, 0) is 30.7 Å². The number of thioether (sulfide) groups is 1. The minimum Gasteiger partial charge on any atom is -0.387 e. The van der Waals surface area contributed by atoms with Crippen LogP contribution >= 0.6 is 11.8 Å². The van der Waals surface area contributed by atoms with E-state index in [1.54, 1.807) is 0 Å². The van der Waals surface area contributed by atoms with Gasteiger partial charge in [0, 0.05) is 18.8 Å². The number of aromatic nitrogens is 1. The predicted octanol–water partition coefficient (Wildman–Crippen LogP) is 2.47. The highest BCUT2D eigenvalue weighted by atomic mass is 32.2. The summed E-state index contributed by atoms with van der Waals surface area (Å²) in [6.07, 6.45) is 3.40. The third-order valence-electron chi connectivity index (χ3n) is 3.36. The van der Waals surface area contributed by atoms with E-state index in [-0.39, 0.29) is 0 Å². The molecule has 0 amide bonds. The summed E-state index contributed by atoms with van der Waals surface area (Å²) in [5.74, 6) is 2.46. The second-order valence-electron chi connectivity index (χ2n) is 4.49. The van der Waals surface area contributed by atoms with Gasteiger partial charge in [-0.2, -0.15) is 11.8 Å². The Morgan fingerprint density at radius 2 is 2.41 bits per heavy atom. The fraction of sp³-hybridized carbons (Fsp3) is 0.615. The molecule has 0 radical (unpaired) electrons. The summed E-state index contributed by atoms with van der Waals surface area (Å²) in [4.78, 5) is 6.64. The molecule has 0 spiro atoms. The van der Waals surface area contributed by atoms with Crippen LogP contribution in [-0.4, -0.2) is 34.7 Å². The van der Waals surface area contributed by atoms with Gasteiger partial charge in [0.05, 0.1) is 23.7 Å². The second kappa shape index (κ2) is 5.74. The Balaban J connectivity index is 2.06. The van der Waals surface area contributed by atoms with E-state index < -0.39 is 6.10 Å². The molecule has 1 aliphatic heterocycles. The van der Waals surface area contributed by atoms with Crippen LogP contribution in [0.2, 0.25) is 0 Å². The van der Waals surface area contributed by atoms with Crippen molar-refractivity contribution in [2.45, 2.75) is 31.9 Å². The fourth-order valence-electron chi connectivity index (χ4n) is 2.05. The molecule has 1 N–H and O–H groups in total. The zero-order chi connectivity index (χ0) is 12.3. The predicted molar refractivity (Wildman–Crippen MR) is 73.6 cm³/mol. The maximum atomic E-state index is 9.69. The minimum absolute atomic E-state index is 0.434. The Morgan fingerprint density at radius 3 is 2.94 bits per heavy atom. The van der Waals surface area contributed by atoms with Gasteiger partial charge >= 0.3 is 0 Å². The monoisotopic (exact) mass is 252 g/mol. The normalized spacial score (nSPS) is 21.5. The van der Waals surface area contributed by atoms with E-state index >= 15 is 0 Å². The number of pyridine rings is 1. The molecule has 1 aromatic rings. The topological polar surface area (TPSA) is 36.4 Å². The van der Waals surface area contributed by atoms with E-state index in [1.807, 2.05) is 30.9 Å². The van der Waals surface area contributed by atoms with Crippen molar-refractivity contribution in [2.75, 3.05) is 23.5 Å². The lowest BCUT2D eigenvalue weighted by Gasteiger charge is -2.25. The molecule has 0 bridgehead atoms. The van der Waals surface area contributed by atoms with Crippen LogP contribution in [0.4, 0.5) is 5.69 Å². The lowest BCUT2D eigenvalue weighted by atomic mass is 10.1. The number of rotatable bonds is 4. The standard InChI is InChI=1S/C13H20N2OS/c1-3-13(16)12-5-4-10(8-14-12)15(2)11-6-7-17-9-11/h4-5,8,11,13,16H,3,6-7,9H2,1-2H3. The first-order valence-electron chi connectivity index (χ1n) is 6.17. The molecule has 1 aliphatic rings. The highest BCUT2D eigenvalue weighted by molar-refractivity contribution is 7.99. The van der Waals surface area contributed by atoms with Crippen molar-refractivity contribution < 1.29 is 5.11 Å². The third-order valence-corrected chi connectivity index (χ3v) is 4.50. The maximum Gasteiger partial charge on any atom is 0.0957 e. The summed E-state index contributed by atoms with van der Waals surface area (Å²) in [6.45, 7) is 1.96. The summed E-state index contributed by atoms with van der Waals surface area (Å²) in [7, 11) is 2.13. The van der Waals surface area contributed by atoms with Crippen LogP contribution in [0.1, 0.15) is 31.6 Å². The number of aliphatic hydroxyl groups excluding tert-OH is 1. The highest BCUT2D eigenvalue weighted by Crippen LogP contribution is 2.26. The molecule has 0 aliphatic carbocycles. The van der Waals surface area contributed by atoms with Gasteiger partial charge in [0.15, 0.2) is 0 Å². The van der Waals surface area contributed by atoms with Gasteiger partial charge in [-0.15, -0.1) is 0 Å². The Labute approximate surface area is 107 Å². The van der Waals surface area contributed by atoms with Gasteiger partial charge in [0.2, 0.25) is 0 Å². The van der Waals surface area contributed by atoms with Gasteiger partial charge in [-0.25, -0.2) is 0 Å². The van der Waals surface area contributed by atoms with Gasteiger partial charge in [-0.3, -0.25) is 4.98 Å². The van der Waals surface area contributed by atoms with Crippen LogP contribution < -0.4 is 4.90 Å². The molecule has 2 heterocycles. The number of anilines is 1. The SMILES string of the molecule is CCC(O)c1ccc(N(C)C2CCSC2)cn1. The van der Waals surface area contributed by atoms with Crippen LogP contribution in [-0.2, 0) is 0 Å². The Kier molecular flexibility index (Phi) is 4.29. The van der Waals surface area contributed by atoms with Crippen molar-refractivity contribution in [1.82, 2.24) is 4.98 Å². The third kappa shape index (κ3) is 2.93. The van der Waals surface area contributed by atoms with E-state index in [0.717, 1.165) is 11.4 Å². The molecule has 0 aromatic carbocycles. The van der Waals surface area contributed by atoms with E-state index in [0.29, 0.717) is 12.5 Å². The lowest BCUT2D eigenvalue weighted by molar-refractivity contribution is 0.169. The first-order chi connectivity index (χ1) is 8.22. The van der Waals surface area contributed by atoms with Crippen LogP contribution in [0.15, 0.2) is 18.3 Å². The van der Waals surface area contributed by atoms with Crippen LogP contribution in [0.5, 0.6) is 0 Å². The lowest BCUT2D eigenvalue weighted by Crippen LogP contribution is -2.31. The minimum atomic E-state index is -0.434. The zero-order valence-electron chi connectivity index (χ0n) is 10.5. The first kappa shape index (κ1) is 12.7. The van der Waals surface area contributed by atoms with Crippen molar-refractivity contribution in [3.8, 4) is 0 Å². The summed E-state index contributed by atoms with van der Waals surface area (Å²) in [5.41, 5.74) is 1.91. The summed E-state index contributed by atoms with van der Waals surface area (Å²) >= 11 is 2.01. The number of hydrogen-bond donors (Lipinski definition) is 1. The van der Waals surface area contributed by atoms with Gasteiger partial charge < -0.3 is 10.0 Å². The molecule has 2 unspecified atom stereocenters. The molecule has 0 saturated carbocycles. The van der Waals surface area contributed by atoms with Crippen molar-refractivity contribution in [3.05, 3.63) is 24.0 Å². The second-order valence-corrected chi connectivity index (χ2v) is 5.64. The average molecular weight is 252 g/mol. The van der Waals surface area contributed by atoms with Crippen molar-refractivity contribution >= 4 is 17.4 Å². The van der Waals surface area contributed by atoms with Crippen molar-refractivity contribution in [3.63, 3.8) is 0 Å². The largest absolute Gasteiger partial charge is 0.387 e. The molecule has 94 valence electrons. The molecule has 2 rings (SSSR count). The molecular weight excluding hydrogens is 232 g/mol. The molecule has 3 nitrogen and oxygen atoms in total. The number of aliphatic hydroxyl groups is 1. The van der Waals surface area contributed by atoms with Gasteiger partial charge in [0.25, 0.3) is 0 Å². The molecule has 4 heteroatoms. The van der Waals surface area contributed by atoms with E-state index in [4.69, 9.17) is 0 Å².